The number of hydrogen-bond acceptors (Lipinski definition) is 2. The van der Waals surface area contributed by atoms with Crippen molar-refractivity contribution in [3.05, 3.63) is 0 Å². The van der Waals surface area contributed by atoms with E-state index in [9.17, 15) is 31.5 Å². The third-order valence-electron chi connectivity index (χ3n) is 1.93. The van der Waals surface area contributed by atoms with E-state index < -0.39 is 35.9 Å². The number of nitrogens with one attached hydrogen (secondary N) is 1. The fourth-order valence-corrected chi connectivity index (χ4v) is 0.869. The van der Waals surface area contributed by atoms with Crippen LogP contribution in [0, 0.1) is 5.92 Å². The fourth-order valence-electron chi connectivity index (χ4n) is 0.869. The van der Waals surface area contributed by atoms with Crippen LogP contribution in [0.15, 0.2) is 0 Å². The lowest BCUT2D eigenvalue weighted by Gasteiger charge is -2.27. The maximum atomic E-state index is 13.2. The molecule has 2 N–H and O–H groups in total. The van der Waals surface area contributed by atoms with Gasteiger partial charge >= 0.3 is 18.1 Å². The van der Waals surface area contributed by atoms with Crippen molar-refractivity contribution in [2.45, 2.75) is 32.0 Å². The quantitative estimate of drug-likeness (QED) is 0.753. The molecule has 0 saturated heterocycles. The number of carboxylic acid groups (broad SMARTS) is 1. The maximum absolute atomic E-state index is 13.2. The monoisotopic (exact) mass is 263 g/mol. The molecule has 0 saturated carbocycles. The van der Waals surface area contributed by atoms with Crippen LogP contribution in [-0.2, 0) is 9.59 Å². The molecular weight excluding hydrogens is 253 g/mol. The Morgan fingerprint density at radius 1 is 1.12 bits per heavy atom. The van der Waals surface area contributed by atoms with Crippen molar-refractivity contribution in [3.63, 3.8) is 0 Å². The number of carbonyl (C=O) groups excluding carboxylic acids is 1. The van der Waals surface area contributed by atoms with Crippen molar-refractivity contribution in [2.75, 3.05) is 0 Å². The summed E-state index contributed by atoms with van der Waals surface area (Å²) in [6.07, 6.45) is -5.42. The lowest BCUT2D eigenvalue weighted by atomic mass is 9.98. The normalized spacial score (nSPS) is 14.6. The van der Waals surface area contributed by atoms with Crippen LogP contribution in [0.2, 0.25) is 0 Å². The summed E-state index contributed by atoms with van der Waals surface area (Å²) in [5.41, 5.74) is 0. The third-order valence-corrected chi connectivity index (χ3v) is 1.93. The Kier molecular flexibility index (Phi) is 4.44. The van der Waals surface area contributed by atoms with Crippen LogP contribution >= 0.6 is 0 Å². The zero-order valence-corrected chi connectivity index (χ0v) is 8.81. The molecule has 4 nitrogen and oxygen atoms in total. The first kappa shape index (κ1) is 15.6. The molecule has 0 bridgehead atoms. The van der Waals surface area contributed by atoms with Crippen molar-refractivity contribution in [3.8, 4) is 0 Å². The van der Waals surface area contributed by atoms with Gasteiger partial charge in [0.25, 0.3) is 5.92 Å². The molecule has 1 unspecified atom stereocenters. The average Bonchev–Trinajstić information content (AvgIpc) is 2.10. The Balaban J connectivity index is 5.04. The molecule has 0 rings (SSSR count). The summed E-state index contributed by atoms with van der Waals surface area (Å²) in [5, 5.41) is 9.17. The van der Waals surface area contributed by atoms with E-state index in [1.807, 2.05) is 0 Å². The van der Waals surface area contributed by atoms with E-state index in [1.54, 1.807) is 0 Å². The highest BCUT2D eigenvalue weighted by Gasteiger charge is 2.51. The predicted molar refractivity (Wildman–Crippen MR) is 45.4 cm³/mol. The number of carboxylic acids is 1. The van der Waals surface area contributed by atoms with Gasteiger partial charge in [-0.05, 0) is 0 Å². The van der Waals surface area contributed by atoms with Gasteiger partial charge in [0.05, 0.1) is 0 Å². The van der Waals surface area contributed by atoms with Crippen LogP contribution < -0.4 is 5.32 Å². The van der Waals surface area contributed by atoms with Crippen LogP contribution in [0.25, 0.3) is 0 Å². The Labute approximate surface area is 92.8 Å². The summed E-state index contributed by atoms with van der Waals surface area (Å²) in [5.74, 6) is -10.5. The van der Waals surface area contributed by atoms with Crippen molar-refractivity contribution in [2.24, 2.45) is 5.92 Å². The molecule has 1 atom stereocenters. The second-order valence-corrected chi connectivity index (χ2v) is 3.57. The number of aliphatic carboxylic acids is 1. The van der Waals surface area contributed by atoms with E-state index in [0.29, 0.717) is 0 Å². The molecular formula is C8H10F5NO3. The van der Waals surface area contributed by atoms with Gasteiger partial charge in [-0.3, -0.25) is 4.79 Å². The van der Waals surface area contributed by atoms with Gasteiger partial charge in [-0.2, -0.15) is 13.2 Å². The van der Waals surface area contributed by atoms with Crippen LogP contribution in [0.4, 0.5) is 22.0 Å². The Morgan fingerprint density at radius 3 is 1.76 bits per heavy atom. The average molecular weight is 263 g/mol. The fraction of sp³-hybridized carbons (Fsp3) is 0.750. The highest BCUT2D eigenvalue weighted by molar-refractivity contribution is 5.87. The lowest BCUT2D eigenvalue weighted by Crippen LogP contribution is -2.57. The van der Waals surface area contributed by atoms with Crippen LogP contribution in [0.3, 0.4) is 0 Å². The number of rotatable bonds is 4. The highest BCUT2D eigenvalue weighted by atomic mass is 19.4. The number of hydrogen-bond donors (Lipinski definition) is 2. The van der Waals surface area contributed by atoms with Gasteiger partial charge in [-0.25, -0.2) is 13.6 Å². The molecule has 0 aliphatic carbocycles. The Bertz CT molecular complexity index is 313. The summed E-state index contributed by atoms with van der Waals surface area (Å²) in [6, 6.07) is -2.92. The molecule has 9 heteroatoms. The zero-order valence-electron chi connectivity index (χ0n) is 8.81. The van der Waals surface area contributed by atoms with Gasteiger partial charge in [0.1, 0.15) is 0 Å². The third kappa shape index (κ3) is 3.82. The number of amides is 1. The topological polar surface area (TPSA) is 66.4 Å². The molecule has 0 fully saturated rings. The molecule has 0 aromatic rings. The minimum absolute atomic E-state index is 0.765. The molecule has 0 heterocycles. The number of halogens is 5. The standard InChI is InChI=1S/C8H10F5NO3/c1-3(2)7(9,10)4(5(15)16)14-6(17)8(11,12)13/h3-4H,1-2H3,(H,14,17)(H,15,16). The van der Waals surface area contributed by atoms with Gasteiger partial charge < -0.3 is 10.4 Å². The number of alkyl halides is 5. The minimum atomic E-state index is -5.42. The molecule has 100 valence electrons. The molecule has 0 aliphatic rings. The second-order valence-electron chi connectivity index (χ2n) is 3.57. The van der Waals surface area contributed by atoms with Crippen molar-refractivity contribution < 1.29 is 36.6 Å². The largest absolute Gasteiger partial charge is 0.480 e. The van der Waals surface area contributed by atoms with Crippen LogP contribution in [0.5, 0.6) is 0 Å². The first-order chi connectivity index (χ1) is 7.40. The van der Waals surface area contributed by atoms with E-state index >= 15 is 0 Å². The minimum Gasteiger partial charge on any atom is -0.480 e. The van der Waals surface area contributed by atoms with Gasteiger partial charge in [-0.15, -0.1) is 0 Å². The van der Waals surface area contributed by atoms with Crippen molar-refractivity contribution in [1.82, 2.24) is 5.32 Å². The SMILES string of the molecule is CC(C)C(F)(F)C(NC(=O)C(F)(F)F)C(=O)O. The van der Waals surface area contributed by atoms with Gasteiger partial charge in [0.15, 0.2) is 6.04 Å². The lowest BCUT2D eigenvalue weighted by molar-refractivity contribution is -0.181. The van der Waals surface area contributed by atoms with Crippen LogP contribution in [0.1, 0.15) is 13.8 Å². The molecule has 0 aromatic carbocycles. The van der Waals surface area contributed by atoms with E-state index in [1.165, 1.54) is 0 Å². The molecule has 0 spiro atoms. The van der Waals surface area contributed by atoms with Crippen molar-refractivity contribution in [1.29, 1.82) is 0 Å². The molecule has 0 aliphatic heterocycles. The van der Waals surface area contributed by atoms with E-state index in [0.717, 1.165) is 19.2 Å². The molecule has 17 heavy (non-hydrogen) atoms. The first-order valence-electron chi connectivity index (χ1n) is 4.39. The molecule has 1 amide bonds. The summed E-state index contributed by atoms with van der Waals surface area (Å²) in [6.45, 7) is 1.85. The summed E-state index contributed by atoms with van der Waals surface area (Å²) in [7, 11) is 0. The first-order valence-corrected chi connectivity index (χ1v) is 4.39. The Morgan fingerprint density at radius 2 is 1.53 bits per heavy atom. The van der Waals surface area contributed by atoms with Gasteiger partial charge in [0, 0.05) is 5.92 Å². The van der Waals surface area contributed by atoms with E-state index in [4.69, 9.17) is 5.11 Å². The zero-order chi connectivity index (χ0) is 14.0. The Hall–Kier alpha value is -1.41. The smallest absolute Gasteiger partial charge is 0.471 e. The van der Waals surface area contributed by atoms with Gasteiger partial charge in [0.2, 0.25) is 0 Å². The maximum Gasteiger partial charge on any atom is 0.471 e. The van der Waals surface area contributed by atoms with Crippen LogP contribution in [-0.4, -0.2) is 35.1 Å². The number of carbonyl (C=O) groups is 2. The highest BCUT2D eigenvalue weighted by Crippen LogP contribution is 2.29. The van der Waals surface area contributed by atoms with E-state index in [-0.39, 0.29) is 0 Å². The molecule has 0 aromatic heterocycles. The summed E-state index contributed by atoms with van der Waals surface area (Å²) >= 11 is 0. The molecule has 0 radical (unpaired) electrons. The predicted octanol–water partition coefficient (Wildman–Crippen LogP) is 1.41. The van der Waals surface area contributed by atoms with Gasteiger partial charge in [-0.1, -0.05) is 13.8 Å². The second kappa shape index (κ2) is 4.84. The summed E-state index contributed by atoms with van der Waals surface area (Å²) in [4.78, 5) is 20.9. The van der Waals surface area contributed by atoms with E-state index in [2.05, 4.69) is 0 Å². The van der Waals surface area contributed by atoms with Crippen molar-refractivity contribution >= 4 is 11.9 Å². The summed E-state index contributed by atoms with van der Waals surface area (Å²) < 4.78 is 61.9.